The number of nitrogens with zero attached hydrogens (tertiary/aromatic N) is 2. The molecule has 1 aliphatic heterocycles. The number of likely N-dealkylation sites (N-methyl/N-ethyl adjacent to an activating group) is 1. The summed E-state index contributed by atoms with van der Waals surface area (Å²) in [6.07, 6.45) is 5.18. The molecule has 3 rings (SSSR count). The summed E-state index contributed by atoms with van der Waals surface area (Å²) in [6, 6.07) is 7.90. The maximum atomic E-state index is 6.56. The maximum Gasteiger partial charge on any atom is 0.0642 e. The smallest absolute Gasteiger partial charge is 0.0642 e. The van der Waals surface area contributed by atoms with Crippen molar-refractivity contribution >= 4 is 17.3 Å². The lowest BCUT2D eigenvalue weighted by molar-refractivity contribution is 0.372. The van der Waals surface area contributed by atoms with Gasteiger partial charge in [-0.15, -0.1) is 0 Å². The molecule has 2 aliphatic rings. The molecule has 1 saturated carbocycles. The van der Waals surface area contributed by atoms with Gasteiger partial charge in [-0.25, -0.2) is 0 Å². The highest BCUT2D eigenvalue weighted by Gasteiger charge is 2.26. The zero-order valence-corrected chi connectivity index (χ0v) is 13.9. The van der Waals surface area contributed by atoms with Gasteiger partial charge in [0.25, 0.3) is 0 Å². The standard InChI is InChI=1S/C17H26ClN3/c1-20(2)12-15-4-3-9-21(15)17-8-5-13(10-16(17)18)11-19-14-6-7-14/h5,8,10,14-15,19H,3-4,6-7,9,11-12H2,1-2H3. The van der Waals surface area contributed by atoms with Crippen molar-refractivity contribution in [1.29, 1.82) is 0 Å². The summed E-state index contributed by atoms with van der Waals surface area (Å²) in [5.74, 6) is 0. The van der Waals surface area contributed by atoms with Crippen LogP contribution in [-0.2, 0) is 6.54 Å². The van der Waals surface area contributed by atoms with Gasteiger partial charge in [0.05, 0.1) is 10.7 Å². The molecule has 1 saturated heterocycles. The Morgan fingerprint density at radius 1 is 1.29 bits per heavy atom. The van der Waals surface area contributed by atoms with Gasteiger partial charge in [0.2, 0.25) is 0 Å². The van der Waals surface area contributed by atoms with Crippen molar-refractivity contribution in [3.63, 3.8) is 0 Å². The third kappa shape index (κ3) is 3.91. The second-order valence-electron chi connectivity index (χ2n) is 6.69. The lowest BCUT2D eigenvalue weighted by Gasteiger charge is -2.30. The van der Waals surface area contributed by atoms with Crippen LogP contribution in [0.2, 0.25) is 5.02 Å². The zero-order chi connectivity index (χ0) is 14.8. The number of hydrogen-bond acceptors (Lipinski definition) is 3. The number of anilines is 1. The van der Waals surface area contributed by atoms with Crippen LogP contribution in [0.5, 0.6) is 0 Å². The minimum atomic E-state index is 0.591. The monoisotopic (exact) mass is 307 g/mol. The number of nitrogens with one attached hydrogen (secondary N) is 1. The molecule has 116 valence electrons. The van der Waals surface area contributed by atoms with Crippen molar-refractivity contribution in [2.75, 3.05) is 32.1 Å². The minimum absolute atomic E-state index is 0.591. The van der Waals surface area contributed by atoms with E-state index in [-0.39, 0.29) is 0 Å². The third-order valence-electron chi connectivity index (χ3n) is 4.45. The second kappa shape index (κ2) is 6.55. The van der Waals surface area contributed by atoms with Gasteiger partial charge in [-0.1, -0.05) is 17.7 Å². The van der Waals surface area contributed by atoms with E-state index in [1.54, 1.807) is 0 Å². The quantitative estimate of drug-likeness (QED) is 0.871. The fraction of sp³-hybridized carbons (Fsp3) is 0.647. The van der Waals surface area contributed by atoms with Crippen molar-refractivity contribution in [2.45, 2.75) is 44.3 Å². The lowest BCUT2D eigenvalue weighted by atomic mass is 10.1. The van der Waals surface area contributed by atoms with Crippen LogP contribution < -0.4 is 10.2 Å². The number of rotatable bonds is 6. The first kappa shape index (κ1) is 15.1. The Kier molecular flexibility index (Phi) is 4.72. The number of halogens is 1. The number of hydrogen-bond donors (Lipinski definition) is 1. The van der Waals surface area contributed by atoms with E-state index in [1.807, 2.05) is 0 Å². The Morgan fingerprint density at radius 2 is 2.10 bits per heavy atom. The molecule has 1 aromatic rings. The van der Waals surface area contributed by atoms with Gasteiger partial charge in [0.1, 0.15) is 0 Å². The van der Waals surface area contributed by atoms with Gasteiger partial charge in [-0.3, -0.25) is 0 Å². The zero-order valence-electron chi connectivity index (χ0n) is 13.1. The van der Waals surface area contributed by atoms with Crippen molar-refractivity contribution in [3.05, 3.63) is 28.8 Å². The minimum Gasteiger partial charge on any atom is -0.366 e. The average Bonchev–Trinajstić information content (AvgIpc) is 3.16. The fourth-order valence-electron chi connectivity index (χ4n) is 3.21. The molecular weight excluding hydrogens is 282 g/mol. The van der Waals surface area contributed by atoms with Crippen LogP contribution in [0.15, 0.2) is 18.2 Å². The normalized spacial score (nSPS) is 22.3. The molecule has 21 heavy (non-hydrogen) atoms. The first-order valence-electron chi connectivity index (χ1n) is 8.06. The molecular formula is C17H26ClN3. The largest absolute Gasteiger partial charge is 0.366 e. The van der Waals surface area contributed by atoms with Gasteiger partial charge in [-0.05, 0) is 57.5 Å². The van der Waals surface area contributed by atoms with Crippen molar-refractivity contribution in [3.8, 4) is 0 Å². The molecule has 0 aromatic heterocycles. The highest BCUT2D eigenvalue weighted by molar-refractivity contribution is 6.33. The van der Waals surface area contributed by atoms with Crippen LogP contribution in [0, 0.1) is 0 Å². The molecule has 2 fully saturated rings. The van der Waals surface area contributed by atoms with Gasteiger partial charge in [0.15, 0.2) is 0 Å². The molecule has 1 N–H and O–H groups in total. The molecule has 0 spiro atoms. The summed E-state index contributed by atoms with van der Waals surface area (Å²) >= 11 is 6.56. The van der Waals surface area contributed by atoms with Crippen LogP contribution in [0.1, 0.15) is 31.2 Å². The Morgan fingerprint density at radius 3 is 2.76 bits per heavy atom. The molecule has 0 amide bonds. The summed E-state index contributed by atoms with van der Waals surface area (Å²) in [4.78, 5) is 4.76. The molecule has 3 nitrogen and oxygen atoms in total. The Labute approximate surface area is 133 Å². The molecule has 1 unspecified atom stereocenters. The van der Waals surface area contributed by atoms with E-state index < -0.39 is 0 Å². The summed E-state index contributed by atoms with van der Waals surface area (Å²) in [6.45, 7) is 3.16. The highest BCUT2D eigenvalue weighted by Crippen LogP contribution is 2.33. The van der Waals surface area contributed by atoms with E-state index in [9.17, 15) is 0 Å². The van der Waals surface area contributed by atoms with Crippen LogP contribution in [0.4, 0.5) is 5.69 Å². The Bertz CT molecular complexity index is 485. The third-order valence-corrected chi connectivity index (χ3v) is 4.75. The molecule has 0 bridgehead atoms. The summed E-state index contributed by atoms with van der Waals surface area (Å²) in [5, 5.41) is 4.44. The topological polar surface area (TPSA) is 18.5 Å². The Hall–Kier alpha value is -0.770. The van der Waals surface area contributed by atoms with E-state index >= 15 is 0 Å². The van der Waals surface area contributed by atoms with E-state index in [4.69, 9.17) is 11.6 Å². The lowest BCUT2D eigenvalue weighted by Crippen LogP contribution is -2.37. The van der Waals surface area contributed by atoms with Crippen LogP contribution in [-0.4, -0.2) is 44.2 Å². The molecule has 1 aliphatic carbocycles. The summed E-state index contributed by atoms with van der Waals surface area (Å²) < 4.78 is 0. The predicted molar refractivity (Wildman–Crippen MR) is 90.2 cm³/mol. The van der Waals surface area contributed by atoms with Gasteiger partial charge < -0.3 is 15.1 Å². The first-order chi connectivity index (χ1) is 10.1. The second-order valence-corrected chi connectivity index (χ2v) is 7.10. The molecule has 1 aromatic carbocycles. The SMILES string of the molecule is CN(C)CC1CCCN1c1ccc(CNC2CC2)cc1Cl. The van der Waals surface area contributed by atoms with Gasteiger partial charge in [0, 0.05) is 31.7 Å². The van der Waals surface area contributed by atoms with Crippen molar-refractivity contribution < 1.29 is 0 Å². The van der Waals surface area contributed by atoms with E-state index in [0.717, 1.165) is 30.7 Å². The van der Waals surface area contributed by atoms with Crippen LogP contribution in [0.25, 0.3) is 0 Å². The van der Waals surface area contributed by atoms with E-state index in [0.29, 0.717) is 6.04 Å². The predicted octanol–water partition coefficient (Wildman–Crippen LogP) is 3.12. The van der Waals surface area contributed by atoms with E-state index in [2.05, 4.69) is 47.4 Å². The van der Waals surface area contributed by atoms with Gasteiger partial charge in [-0.2, -0.15) is 0 Å². The first-order valence-corrected chi connectivity index (χ1v) is 8.44. The molecule has 4 heteroatoms. The average molecular weight is 308 g/mol. The Balaban J connectivity index is 1.68. The number of benzene rings is 1. The molecule has 1 atom stereocenters. The van der Waals surface area contributed by atoms with Crippen LogP contribution >= 0.6 is 11.6 Å². The fourth-order valence-corrected chi connectivity index (χ4v) is 3.52. The molecule has 0 radical (unpaired) electrons. The summed E-state index contributed by atoms with van der Waals surface area (Å²) in [5.41, 5.74) is 2.50. The maximum absolute atomic E-state index is 6.56. The van der Waals surface area contributed by atoms with Crippen molar-refractivity contribution in [1.82, 2.24) is 10.2 Å². The highest BCUT2D eigenvalue weighted by atomic mass is 35.5. The summed E-state index contributed by atoms with van der Waals surface area (Å²) in [7, 11) is 4.29. The van der Waals surface area contributed by atoms with E-state index in [1.165, 1.54) is 36.9 Å². The van der Waals surface area contributed by atoms with Gasteiger partial charge >= 0.3 is 0 Å². The molecule has 1 heterocycles. The van der Waals surface area contributed by atoms with Crippen molar-refractivity contribution in [2.24, 2.45) is 0 Å². The van der Waals surface area contributed by atoms with Crippen LogP contribution in [0.3, 0.4) is 0 Å².